The van der Waals surface area contributed by atoms with E-state index in [1.54, 1.807) is 16.8 Å². The van der Waals surface area contributed by atoms with Gasteiger partial charge in [0.25, 0.3) is 0 Å². The molecule has 4 atom stereocenters. The molecule has 1 aliphatic carbocycles. The minimum Gasteiger partial charge on any atom is -0.480 e. The maximum atomic E-state index is 12.5. The monoisotopic (exact) mass is 355 g/mol. The summed E-state index contributed by atoms with van der Waals surface area (Å²) in [6.07, 6.45) is 3.59. The van der Waals surface area contributed by atoms with Crippen molar-refractivity contribution in [2.45, 2.75) is 39.2 Å². The van der Waals surface area contributed by atoms with Crippen molar-refractivity contribution in [3.63, 3.8) is 0 Å². The molecule has 2 fully saturated rings. The largest absolute Gasteiger partial charge is 0.480 e. The lowest BCUT2D eigenvalue weighted by molar-refractivity contribution is -0.138. The van der Waals surface area contributed by atoms with Gasteiger partial charge in [-0.2, -0.15) is 0 Å². The standard InChI is InChI=1S/C18H33N3O4/c1-13-5-4-6-15(14(13)2)9-19-18(24)21-7-8-25-16(11-21)10-20(3)12-17(22)23/h13-16H,4-12H2,1-3H3,(H,19,24)(H,22,23). The third kappa shape index (κ3) is 6.15. The minimum atomic E-state index is -0.858. The molecule has 0 radical (unpaired) electrons. The molecule has 0 aromatic rings. The Morgan fingerprint density at radius 3 is 2.80 bits per heavy atom. The number of carboxylic acid groups (broad SMARTS) is 1. The van der Waals surface area contributed by atoms with Crippen LogP contribution < -0.4 is 5.32 Å². The van der Waals surface area contributed by atoms with Crippen LogP contribution in [0.15, 0.2) is 0 Å². The lowest BCUT2D eigenvalue weighted by atomic mass is 9.74. The first-order valence-electron chi connectivity index (χ1n) is 9.41. The summed E-state index contributed by atoms with van der Waals surface area (Å²) < 4.78 is 5.68. The lowest BCUT2D eigenvalue weighted by Gasteiger charge is -2.36. The van der Waals surface area contributed by atoms with Gasteiger partial charge in [0.05, 0.1) is 19.3 Å². The first-order chi connectivity index (χ1) is 11.9. The second-order valence-corrected chi connectivity index (χ2v) is 7.74. The first-order valence-corrected chi connectivity index (χ1v) is 9.41. The highest BCUT2D eigenvalue weighted by molar-refractivity contribution is 5.74. The predicted octanol–water partition coefficient (Wildman–Crippen LogP) is 1.49. The average Bonchev–Trinajstić information content (AvgIpc) is 2.55. The van der Waals surface area contributed by atoms with E-state index in [1.807, 2.05) is 0 Å². The van der Waals surface area contributed by atoms with Gasteiger partial charge in [-0.05, 0) is 31.2 Å². The van der Waals surface area contributed by atoms with Crippen LogP contribution in [0, 0.1) is 17.8 Å². The summed E-state index contributed by atoms with van der Waals surface area (Å²) in [5.41, 5.74) is 0. The third-order valence-corrected chi connectivity index (χ3v) is 5.74. The highest BCUT2D eigenvalue weighted by atomic mass is 16.5. The van der Waals surface area contributed by atoms with Crippen LogP contribution in [0.4, 0.5) is 4.79 Å². The van der Waals surface area contributed by atoms with Gasteiger partial charge in [-0.3, -0.25) is 9.69 Å². The number of amides is 2. The Morgan fingerprint density at radius 2 is 2.08 bits per heavy atom. The number of morpholine rings is 1. The predicted molar refractivity (Wildman–Crippen MR) is 95.5 cm³/mol. The molecule has 0 bridgehead atoms. The number of carbonyl (C=O) groups excluding carboxylic acids is 1. The van der Waals surface area contributed by atoms with Crippen LogP contribution in [0.2, 0.25) is 0 Å². The fourth-order valence-electron chi connectivity index (χ4n) is 3.97. The highest BCUT2D eigenvalue weighted by Gasteiger charge is 2.29. The summed E-state index contributed by atoms with van der Waals surface area (Å²) in [4.78, 5) is 26.7. The number of nitrogens with zero attached hydrogens (tertiary/aromatic N) is 2. The fraction of sp³-hybridized carbons (Fsp3) is 0.889. The van der Waals surface area contributed by atoms with E-state index in [0.717, 1.165) is 12.5 Å². The van der Waals surface area contributed by atoms with Gasteiger partial charge in [-0.25, -0.2) is 4.79 Å². The summed E-state index contributed by atoms with van der Waals surface area (Å²) in [5.74, 6) is 1.08. The molecule has 2 rings (SSSR count). The number of carbonyl (C=O) groups is 2. The van der Waals surface area contributed by atoms with Crippen LogP contribution >= 0.6 is 0 Å². The summed E-state index contributed by atoms with van der Waals surface area (Å²) >= 11 is 0. The van der Waals surface area contributed by atoms with Crippen molar-refractivity contribution in [1.29, 1.82) is 0 Å². The van der Waals surface area contributed by atoms with Crippen LogP contribution in [0.25, 0.3) is 0 Å². The molecule has 2 aliphatic rings. The Balaban J connectivity index is 1.76. The molecular weight excluding hydrogens is 322 g/mol. The van der Waals surface area contributed by atoms with Crippen molar-refractivity contribution in [3.05, 3.63) is 0 Å². The van der Waals surface area contributed by atoms with Crippen LogP contribution in [0.3, 0.4) is 0 Å². The van der Waals surface area contributed by atoms with Crippen LogP contribution in [0.5, 0.6) is 0 Å². The van der Waals surface area contributed by atoms with E-state index in [9.17, 15) is 9.59 Å². The number of likely N-dealkylation sites (N-methyl/N-ethyl adjacent to an activating group) is 1. The molecule has 25 heavy (non-hydrogen) atoms. The molecule has 1 heterocycles. The zero-order chi connectivity index (χ0) is 18.4. The number of aliphatic carboxylic acids is 1. The summed E-state index contributed by atoms with van der Waals surface area (Å²) in [6.45, 7) is 7.41. The zero-order valence-corrected chi connectivity index (χ0v) is 15.7. The SMILES string of the molecule is CC1CCCC(CNC(=O)N2CCOC(CN(C)CC(=O)O)C2)C1C. The van der Waals surface area contributed by atoms with Crippen molar-refractivity contribution in [2.75, 3.05) is 46.4 Å². The average molecular weight is 355 g/mol. The van der Waals surface area contributed by atoms with Crippen LogP contribution in [0.1, 0.15) is 33.1 Å². The number of urea groups is 1. The molecular formula is C18H33N3O4. The van der Waals surface area contributed by atoms with Crippen molar-refractivity contribution < 1.29 is 19.4 Å². The number of carboxylic acids is 1. The van der Waals surface area contributed by atoms with E-state index in [0.29, 0.717) is 38.1 Å². The molecule has 0 aromatic heterocycles. The van der Waals surface area contributed by atoms with Gasteiger partial charge in [-0.15, -0.1) is 0 Å². The van der Waals surface area contributed by atoms with Gasteiger partial charge in [-0.1, -0.05) is 26.7 Å². The van der Waals surface area contributed by atoms with E-state index in [-0.39, 0.29) is 18.7 Å². The highest BCUT2D eigenvalue weighted by Crippen LogP contribution is 2.33. The number of nitrogens with one attached hydrogen (secondary N) is 1. The molecule has 7 nitrogen and oxygen atoms in total. The van der Waals surface area contributed by atoms with Crippen LogP contribution in [-0.2, 0) is 9.53 Å². The van der Waals surface area contributed by atoms with Crippen molar-refractivity contribution in [1.82, 2.24) is 15.1 Å². The summed E-state index contributed by atoms with van der Waals surface area (Å²) in [6, 6.07) is -0.0281. The Bertz CT molecular complexity index is 460. The molecule has 0 spiro atoms. The van der Waals surface area contributed by atoms with Gasteiger partial charge in [0, 0.05) is 26.2 Å². The van der Waals surface area contributed by atoms with E-state index < -0.39 is 5.97 Å². The van der Waals surface area contributed by atoms with Gasteiger partial charge < -0.3 is 20.1 Å². The lowest BCUT2D eigenvalue weighted by Crippen LogP contribution is -2.53. The molecule has 4 unspecified atom stereocenters. The maximum absolute atomic E-state index is 12.5. The normalized spacial score (nSPS) is 30.3. The smallest absolute Gasteiger partial charge is 0.317 e. The van der Waals surface area contributed by atoms with Gasteiger partial charge in [0.15, 0.2) is 0 Å². The Kier molecular flexibility index (Phi) is 7.50. The molecule has 1 aliphatic heterocycles. The topological polar surface area (TPSA) is 82.1 Å². The number of ether oxygens (including phenoxy) is 1. The van der Waals surface area contributed by atoms with E-state index >= 15 is 0 Å². The molecule has 1 saturated heterocycles. The van der Waals surface area contributed by atoms with E-state index in [2.05, 4.69) is 19.2 Å². The Hall–Kier alpha value is -1.34. The number of hydrogen-bond acceptors (Lipinski definition) is 4. The van der Waals surface area contributed by atoms with Crippen molar-refractivity contribution in [3.8, 4) is 0 Å². The zero-order valence-electron chi connectivity index (χ0n) is 15.7. The molecule has 144 valence electrons. The molecule has 7 heteroatoms. The maximum Gasteiger partial charge on any atom is 0.317 e. The minimum absolute atomic E-state index is 0.0240. The van der Waals surface area contributed by atoms with Gasteiger partial charge in [0.1, 0.15) is 0 Å². The fourth-order valence-corrected chi connectivity index (χ4v) is 3.97. The Morgan fingerprint density at radius 1 is 1.32 bits per heavy atom. The number of rotatable bonds is 6. The second-order valence-electron chi connectivity index (χ2n) is 7.74. The van der Waals surface area contributed by atoms with E-state index in [1.165, 1.54) is 19.3 Å². The summed E-state index contributed by atoms with van der Waals surface area (Å²) in [5, 5.41) is 11.9. The Labute approximate surface area is 150 Å². The molecule has 1 saturated carbocycles. The molecule has 0 aromatic carbocycles. The first kappa shape index (κ1) is 20.0. The van der Waals surface area contributed by atoms with Gasteiger partial charge >= 0.3 is 12.0 Å². The third-order valence-electron chi connectivity index (χ3n) is 5.74. The molecule has 2 amide bonds. The molecule has 2 N–H and O–H groups in total. The second kappa shape index (κ2) is 9.38. The quantitative estimate of drug-likeness (QED) is 0.754. The van der Waals surface area contributed by atoms with Crippen LogP contribution in [-0.4, -0.2) is 79.4 Å². The van der Waals surface area contributed by atoms with E-state index in [4.69, 9.17) is 9.84 Å². The number of hydrogen-bond donors (Lipinski definition) is 2. The van der Waals surface area contributed by atoms with Crippen molar-refractivity contribution in [2.24, 2.45) is 17.8 Å². The van der Waals surface area contributed by atoms with Crippen molar-refractivity contribution >= 4 is 12.0 Å². The van der Waals surface area contributed by atoms with Gasteiger partial charge in [0.2, 0.25) is 0 Å². The summed E-state index contributed by atoms with van der Waals surface area (Å²) in [7, 11) is 1.75.